The van der Waals surface area contributed by atoms with Crippen molar-refractivity contribution in [2.24, 2.45) is 11.7 Å². The van der Waals surface area contributed by atoms with Gasteiger partial charge in [0.2, 0.25) is 11.8 Å². The molecular formula is C39H39N7O6S. The highest BCUT2D eigenvalue weighted by molar-refractivity contribution is 7.99. The predicted molar refractivity (Wildman–Crippen MR) is 198 cm³/mol. The maximum Gasteiger partial charge on any atom is 0.263 e. The minimum absolute atomic E-state index is 0.0821. The molecule has 14 heteroatoms. The van der Waals surface area contributed by atoms with Crippen molar-refractivity contribution in [2.45, 2.75) is 49.1 Å². The summed E-state index contributed by atoms with van der Waals surface area (Å²) in [5.74, 6) is 0.659. The van der Waals surface area contributed by atoms with E-state index in [-0.39, 0.29) is 18.9 Å². The van der Waals surface area contributed by atoms with Gasteiger partial charge in [-0.05, 0) is 93.2 Å². The number of ether oxygens (including phenoxy) is 1. The Labute approximate surface area is 310 Å². The minimum atomic E-state index is -0.988. The van der Waals surface area contributed by atoms with E-state index in [0.717, 1.165) is 67.4 Å². The Morgan fingerprint density at radius 1 is 0.887 bits per heavy atom. The molecule has 53 heavy (non-hydrogen) atoms. The molecule has 2 fully saturated rings. The first kappa shape index (κ1) is 34.6. The number of piperidine rings is 2. The number of nitrogens with one attached hydrogen (secondary N) is 2. The molecule has 4 N–H and O–H groups in total. The molecule has 0 spiro atoms. The van der Waals surface area contributed by atoms with Gasteiger partial charge in [-0.1, -0.05) is 24.3 Å². The molecule has 0 radical (unpaired) electrons. The van der Waals surface area contributed by atoms with E-state index in [1.165, 1.54) is 11.8 Å². The lowest BCUT2D eigenvalue weighted by Crippen LogP contribution is -2.54. The summed E-state index contributed by atoms with van der Waals surface area (Å²) >= 11 is 1.53. The molecule has 4 aromatic rings. The second-order valence-electron chi connectivity index (χ2n) is 13.8. The zero-order chi connectivity index (χ0) is 36.6. The number of rotatable bonds is 10. The first-order chi connectivity index (χ1) is 25.8. The Morgan fingerprint density at radius 2 is 1.64 bits per heavy atom. The van der Waals surface area contributed by atoms with E-state index in [1.807, 2.05) is 65.3 Å². The van der Waals surface area contributed by atoms with Crippen molar-refractivity contribution in [3.05, 3.63) is 89.5 Å². The van der Waals surface area contributed by atoms with Crippen LogP contribution in [-0.2, 0) is 9.59 Å². The molecule has 2 atom stereocenters. The van der Waals surface area contributed by atoms with Crippen LogP contribution in [0.15, 0.2) is 77.7 Å². The molecule has 2 unspecified atom stereocenters. The number of carbonyl (C=O) groups is 5. The van der Waals surface area contributed by atoms with E-state index in [0.29, 0.717) is 44.8 Å². The molecular weight excluding hydrogens is 695 g/mol. The van der Waals surface area contributed by atoms with Crippen molar-refractivity contribution in [1.29, 1.82) is 0 Å². The second kappa shape index (κ2) is 14.5. The molecule has 3 aromatic carbocycles. The van der Waals surface area contributed by atoms with Gasteiger partial charge in [0.25, 0.3) is 17.7 Å². The van der Waals surface area contributed by atoms with Gasteiger partial charge >= 0.3 is 0 Å². The van der Waals surface area contributed by atoms with Gasteiger partial charge in [0.1, 0.15) is 34.6 Å². The van der Waals surface area contributed by atoms with E-state index < -0.39 is 35.6 Å². The third-order valence-electron chi connectivity index (χ3n) is 10.6. The van der Waals surface area contributed by atoms with Gasteiger partial charge in [0.05, 0.1) is 17.2 Å². The third kappa shape index (κ3) is 6.68. The largest absolute Gasteiger partial charge is 0.457 e. The lowest BCUT2D eigenvalue weighted by molar-refractivity contribution is -0.136. The highest BCUT2D eigenvalue weighted by Gasteiger charge is 2.45. The van der Waals surface area contributed by atoms with Crippen LogP contribution in [0.1, 0.15) is 69.2 Å². The summed E-state index contributed by atoms with van der Waals surface area (Å²) in [5, 5.41) is 10.6. The van der Waals surface area contributed by atoms with Crippen molar-refractivity contribution in [2.75, 3.05) is 37.2 Å². The summed E-state index contributed by atoms with van der Waals surface area (Å²) in [6.45, 7) is 3.33. The fourth-order valence-corrected chi connectivity index (χ4v) is 9.02. The predicted octanol–water partition coefficient (Wildman–Crippen LogP) is 4.70. The molecule has 0 bridgehead atoms. The van der Waals surface area contributed by atoms with E-state index in [4.69, 9.17) is 15.6 Å². The van der Waals surface area contributed by atoms with Crippen LogP contribution in [0.4, 0.5) is 5.82 Å². The highest BCUT2D eigenvalue weighted by atomic mass is 32.2. The zero-order valence-electron chi connectivity index (χ0n) is 29.0. The van der Waals surface area contributed by atoms with E-state index in [2.05, 4.69) is 15.5 Å². The number of hydrogen-bond donors (Lipinski definition) is 3. The number of para-hydroxylation sites is 1. The molecule has 1 aromatic heterocycles. The van der Waals surface area contributed by atoms with Gasteiger partial charge in [-0.15, -0.1) is 11.8 Å². The van der Waals surface area contributed by atoms with E-state index in [9.17, 15) is 24.0 Å². The standard InChI is InChI=1S/C39H39N7O6S/c40-35(48)33-34(24-9-11-26(12-10-24)52-25-5-2-1-3-6-25)43-46-28(15-18-41-36(33)46)23-16-19-44(20-17-23)21-22-53-30-8-4-7-27-32(30)39(51)45(38(27)50)29-13-14-31(47)42-37(29)49/h1-12,23,28-29,41H,13-22H2,(H2,40,48)(H,42,47,49). The summed E-state index contributed by atoms with van der Waals surface area (Å²) in [6.07, 6.45) is 3.03. The fourth-order valence-electron chi connectivity index (χ4n) is 7.93. The van der Waals surface area contributed by atoms with Crippen molar-refractivity contribution in [1.82, 2.24) is 24.9 Å². The van der Waals surface area contributed by atoms with Crippen molar-refractivity contribution in [3.63, 3.8) is 0 Å². The smallest absolute Gasteiger partial charge is 0.263 e. The maximum absolute atomic E-state index is 13.5. The van der Waals surface area contributed by atoms with Crippen molar-refractivity contribution >= 4 is 47.1 Å². The number of benzene rings is 3. The topological polar surface area (TPSA) is 169 Å². The van der Waals surface area contributed by atoms with Crippen molar-refractivity contribution < 1.29 is 28.7 Å². The van der Waals surface area contributed by atoms with Crippen LogP contribution in [0.5, 0.6) is 11.5 Å². The Bertz CT molecular complexity index is 2090. The zero-order valence-corrected chi connectivity index (χ0v) is 29.8. The van der Waals surface area contributed by atoms with Crippen LogP contribution in [0.25, 0.3) is 11.3 Å². The van der Waals surface area contributed by atoms with Gasteiger partial charge in [-0.2, -0.15) is 5.10 Å². The maximum atomic E-state index is 13.5. The van der Waals surface area contributed by atoms with Gasteiger partial charge in [-0.3, -0.25) is 34.2 Å². The monoisotopic (exact) mass is 733 g/mol. The number of amides is 5. The normalized spacial score (nSPS) is 20.5. The lowest BCUT2D eigenvalue weighted by Gasteiger charge is -2.38. The minimum Gasteiger partial charge on any atom is -0.457 e. The third-order valence-corrected chi connectivity index (χ3v) is 11.6. The molecule has 5 amide bonds. The molecule has 272 valence electrons. The van der Waals surface area contributed by atoms with Crippen LogP contribution < -0.4 is 21.1 Å². The number of anilines is 1. The first-order valence-corrected chi connectivity index (χ1v) is 18.9. The summed E-state index contributed by atoms with van der Waals surface area (Å²) < 4.78 is 7.94. The molecule has 8 rings (SSSR count). The SMILES string of the molecule is NC(=O)c1c(-c2ccc(Oc3ccccc3)cc2)nn2c1NCCC2C1CCN(CCSc2cccc3c2C(=O)N(C2CCC(=O)NC2=O)C3=O)CC1. The molecule has 4 aliphatic heterocycles. The number of hydrogen-bond acceptors (Lipinski definition) is 10. The number of fused-ring (bicyclic) bond motifs is 2. The molecule has 13 nitrogen and oxygen atoms in total. The summed E-state index contributed by atoms with van der Waals surface area (Å²) in [7, 11) is 0. The van der Waals surface area contributed by atoms with E-state index >= 15 is 0 Å². The summed E-state index contributed by atoms with van der Waals surface area (Å²) in [6, 6.07) is 21.4. The number of aromatic nitrogens is 2. The number of primary amides is 1. The van der Waals surface area contributed by atoms with E-state index in [1.54, 1.807) is 12.1 Å². The number of carbonyl (C=O) groups excluding carboxylic acids is 5. The average Bonchev–Trinajstić information content (AvgIpc) is 3.68. The van der Waals surface area contributed by atoms with Gasteiger partial charge in [0, 0.05) is 35.7 Å². The summed E-state index contributed by atoms with van der Waals surface area (Å²) in [5.41, 5.74) is 8.31. The molecule has 0 saturated carbocycles. The molecule has 5 heterocycles. The first-order valence-electron chi connectivity index (χ1n) is 18.0. The number of thioether (sulfide) groups is 1. The Morgan fingerprint density at radius 3 is 2.38 bits per heavy atom. The molecule has 2 saturated heterocycles. The van der Waals surface area contributed by atoms with Gasteiger partial charge in [0.15, 0.2) is 0 Å². The van der Waals surface area contributed by atoms with Gasteiger partial charge in [-0.25, -0.2) is 4.68 Å². The van der Waals surface area contributed by atoms with Gasteiger partial charge < -0.3 is 20.7 Å². The second-order valence-corrected chi connectivity index (χ2v) is 14.9. The number of imide groups is 2. The average molecular weight is 734 g/mol. The summed E-state index contributed by atoms with van der Waals surface area (Å²) in [4.78, 5) is 67.8. The number of nitrogens with two attached hydrogens (primary N) is 1. The Balaban J connectivity index is 0.898. The molecule has 0 aliphatic carbocycles. The quantitative estimate of drug-likeness (QED) is 0.153. The lowest BCUT2D eigenvalue weighted by atomic mass is 9.87. The van der Waals surface area contributed by atoms with Crippen LogP contribution >= 0.6 is 11.8 Å². The van der Waals surface area contributed by atoms with Crippen molar-refractivity contribution in [3.8, 4) is 22.8 Å². The van der Waals surface area contributed by atoms with Crippen LogP contribution in [-0.4, -0.2) is 87.1 Å². The number of nitrogens with zero attached hydrogens (tertiary/aromatic N) is 4. The highest BCUT2D eigenvalue weighted by Crippen LogP contribution is 2.41. The Hall–Kier alpha value is -5.47. The van der Waals surface area contributed by atoms with Crippen LogP contribution in [0.2, 0.25) is 0 Å². The fraction of sp³-hybridized carbons (Fsp3) is 0.333. The van der Waals surface area contributed by atoms with Crippen LogP contribution in [0.3, 0.4) is 0 Å². The van der Waals surface area contributed by atoms with Crippen LogP contribution in [0, 0.1) is 5.92 Å². The Kier molecular flexibility index (Phi) is 9.48. The molecule has 4 aliphatic rings. The number of likely N-dealkylation sites (tertiary alicyclic amines) is 1.